The Morgan fingerprint density at radius 3 is 2.29 bits per heavy atom. The van der Waals surface area contributed by atoms with E-state index in [9.17, 15) is 4.79 Å². The highest BCUT2D eigenvalue weighted by molar-refractivity contribution is 7.80. The topological polar surface area (TPSA) is 41.6 Å². The van der Waals surface area contributed by atoms with Crippen molar-refractivity contribution in [3.8, 4) is 5.75 Å². The molecule has 0 heterocycles. The lowest BCUT2D eigenvalue weighted by Crippen LogP contribution is -2.40. The van der Waals surface area contributed by atoms with Crippen molar-refractivity contribution in [2.75, 3.05) is 19.1 Å². The van der Waals surface area contributed by atoms with E-state index >= 15 is 0 Å². The highest BCUT2D eigenvalue weighted by atomic mass is 32.1. The quantitative estimate of drug-likeness (QED) is 0.885. The van der Waals surface area contributed by atoms with Crippen molar-refractivity contribution in [3.05, 3.63) is 60.2 Å². The largest absolute Gasteiger partial charge is 0.497 e. The molecular weight excluding hydrogens is 284 g/mol. The first-order chi connectivity index (χ1) is 10.1. The second-order valence-corrected chi connectivity index (χ2v) is 4.79. The molecule has 0 bridgehead atoms. The second kappa shape index (κ2) is 6.85. The van der Waals surface area contributed by atoms with Crippen molar-refractivity contribution < 1.29 is 9.53 Å². The van der Waals surface area contributed by atoms with Gasteiger partial charge in [-0.1, -0.05) is 42.5 Å². The minimum Gasteiger partial charge on any atom is -0.497 e. The Morgan fingerprint density at radius 1 is 1.10 bits per heavy atom. The molecule has 0 aliphatic carbocycles. The SMILES string of the molecule is COc1ccc(N(C)C(=O)NC(=S)c2ccccc2)cc1. The summed E-state index contributed by atoms with van der Waals surface area (Å²) in [5.74, 6) is 0.743. The zero-order valence-corrected chi connectivity index (χ0v) is 12.7. The van der Waals surface area contributed by atoms with Crippen LogP contribution in [0.1, 0.15) is 5.56 Å². The molecule has 2 aromatic carbocycles. The predicted molar refractivity (Wildman–Crippen MR) is 88.1 cm³/mol. The van der Waals surface area contributed by atoms with Crippen LogP contribution in [0.5, 0.6) is 5.75 Å². The first-order valence-corrected chi connectivity index (χ1v) is 6.81. The Morgan fingerprint density at radius 2 is 1.71 bits per heavy atom. The molecule has 0 unspecified atom stereocenters. The van der Waals surface area contributed by atoms with Crippen LogP contribution in [0.4, 0.5) is 10.5 Å². The van der Waals surface area contributed by atoms with Gasteiger partial charge in [-0.25, -0.2) is 4.79 Å². The lowest BCUT2D eigenvalue weighted by Gasteiger charge is -2.18. The Balaban J connectivity index is 2.03. The molecule has 4 nitrogen and oxygen atoms in total. The van der Waals surface area contributed by atoms with Gasteiger partial charge in [0.15, 0.2) is 0 Å². The average molecular weight is 300 g/mol. The summed E-state index contributed by atoms with van der Waals surface area (Å²) in [6, 6.07) is 16.3. The number of nitrogens with zero attached hydrogens (tertiary/aromatic N) is 1. The molecular formula is C16H16N2O2S. The van der Waals surface area contributed by atoms with Crippen molar-refractivity contribution in [1.82, 2.24) is 5.32 Å². The van der Waals surface area contributed by atoms with Crippen LogP contribution >= 0.6 is 12.2 Å². The van der Waals surface area contributed by atoms with Crippen LogP contribution in [0.25, 0.3) is 0 Å². The van der Waals surface area contributed by atoms with Gasteiger partial charge in [0.2, 0.25) is 0 Å². The fourth-order valence-electron chi connectivity index (χ4n) is 1.77. The number of nitrogens with one attached hydrogen (secondary N) is 1. The molecule has 2 amide bonds. The van der Waals surface area contributed by atoms with Crippen molar-refractivity contribution in [2.45, 2.75) is 0 Å². The minimum atomic E-state index is -0.283. The smallest absolute Gasteiger partial charge is 0.326 e. The van der Waals surface area contributed by atoms with Gasteiger partial charge in [-0.15, -0.1) is 0 Å². The van der Waals surface area contributed by atoms with E-state index in [1.807, 2.05) is 42.5 Å². The van der Waals surface area contributed by atoms with Gasteiger partial charge in [-0.3, -0.25) is 10.2 Å². The van der Waals surface area contributed by atoms with E-state index in [0.29, 0.717) is 4.99 Å². The molecule has 108 valence electrons. The number of methoxy groups -OCH3 is 1. The molecule has 0 aliphatic rings. The molecule has 0 radical (unpaired) electrons. The van der Waals surface area contributed by atoms with Gasteiger partial charge in [0.25, 0.3) is 0 Å². The summed E-state index contributed by atoms with van der Waals surface area (Å²) >= 11 is 5.23. The molecule has 0 fully saturated rings. The van der Waals surface area contributed by atoms with E-state index < -0.39 is 0 Å². The van der Waals surface area contributed by atoms with Crippen molar-refractivity contribution in [3.63, 3.8) is 0 Å². The van der Waals surface area contributed by atoms with Crippen LogP contribution in [-0.2, 0) is 0 Å². The van der Waals surface area contributed by atoms with Crippen LogP contribution in [0.15, 0.2) is 54.6 Å². The van der Waals surface area contributed by atoms with Crippen LogP contribution in [-0.4, -0.2) is 25.2 Å². The predicted octanol–water partition coefficient (Wildman–Crippen LogP) is 3.22. The van der Waals surface area contributed by atoms with Crippen LogP contribution in [0.3, 0.4) is 0 Å². The van der Waals surface area contributed by atoms with E-state index in [-0.39, 0.29) is 6.03 Å². The summed E-state index contributed by atoms with van der Waals surface area (Å²) in [4.78, 5) is 14.1. The standard InChI is InChI=1S/C16H16N2O2S/c1-18(13-8-10-14(20-2)11-9-13)16(19)17-15(21)12-6-4-3-5-7-12/h3-11H,1-2H3,(H,17,19,21). The Hall–Kier alpha value is -2.40. The first-order valence-electron chi connectivity index (χ1n) is 6.40. The summed E-state index contributed by atoms with van der Waals surface area (Å²) in [5.41, 5.74) is 1.56. The summed E-state index contributed by atoms with van der Waals surface area (Å²) in [6.07, 6.45) is 0. The maximum Gasteiger partial charge on any atom is 0.326 e. The molecule has 0 atom stereocenters. The summed E-state index contributed by atoms with van der Waals surface area (Å²) < 4.78 is 5.09. The van der Waals surface area contributed by atoms with Gasteiger partial charge in [0.05, 0.1) is 7.11 Å². The van der Waals surface area contributed by atoms with Crippen molar-refractivity contribution >= 4 is 28.9 Å². The molecule has 1 N–H and O–H groups in total. The third-order valence-corrected chi connectivity index (χ3v) is 3.36. The third kappa shape index (κ3) is 3.79. The molecule has 0 saturated carbocycles. The average Bonchev–Trinajstić information content (AvgIpc) is 2.55. The molecule has 2 rings (SSSR count). The highest BCUT2D eigenvalue weighted by Crippen LogP contribution is 2.18. The number of carbonyl (C=O) groups excluding carboxylic acids is 1. The number of anilines is 1. The minimum absolute atomic E-state index is 0.283. The summed E-state index contributed by atoms with van der Waals surface area (Å²) in [6.45, 7) is 0. The van der Waals surface area contributed by atoms with Crippen LogP contribution in [0, 0.1) is 0 Å². The Labute approximate surface area is 129 Å². The van der Waals surface area contributed by atoms with E-state index in [0.717, 1.165) is 17.0 Å². The first kappa shape index (κ1) is 15.0. The highest BCUT2D eigenvalue weighted by Gasteiger charge is 2.13. The number of amides is 2. The molecule has 2 aromatic rings. The van der Waals surface area contributed by atoms with Gasteiger partial charge >= 0.3 is 6.03 Å². The number of carbonyl (C=O) groups is 1. The number of rotatable bonds is 3. The zero-order chi connectivity index (χ0) is 15.2. The monoisotopic (exact) mass is 300 g/mol. The molecule has 0 aromatic heterocycles. The normalized spacial score (nSPS) is 9.81. The number of ether oxygens (including phenoxy) is 1. The van der Waals surface area contributed by atoms with E-state index in [4.69, 9.17) is 17.0 Å². The molecule has 0 spiro atoms. The van der Waals surface area contributed by atoms with Gasteiger partial charge < -0.3 is 4.74 Å². The fourth-order valence-corrected chi connectivity index (χ4v) is 1.99. The van der Waals surface area contributed by atoms with E-state index in [1.165, 1.54) is 4.90 Å². The van der Waals surface area contributed by atoms with Crippen molar-refractivity contribution in [2.24, 2.45) is 0 Å². The Kier molecular flexibility index (Phi) is 4.90. The number of hydrogen-bond donors (Lipinski definition) is 1. The number of urea groups is 1. The maximum absolute atomic E-state index is 12.2. The van der Waals surface area contributed by atoms with Crippen LogP contribution in [0.2, 0.25) is 0 Å². The van der Waals surface area contributed by atoms with E-state index in [2.05, 4.69) is 5.32 Å². The lowest BCUT2D eigenvalue weighted by molar-refractivity contribution is 0.252. The lowest BCUT2D eigenvalue weighted by atomic mass is 10.2. The third-order valence-electron chi connectivity index (χ3n) is 3.02. The number of thiocarbonyl (C=S) groups is 1. The fraction of sp³-hybridized carbons (Fsp3) is 0.125. The summed E-state index contributed by atoms with van der Waals surface area (Å²) in [7, 11) is 3.29. The van der Waals surface area contributed by atoms with Gasteiger partial charge in [0, 0.05) is 18.3 Å². The van der Waals surface area contributed by atoms with Gasteiger partial charge in [-0.2, -0.15) is 0 Å². The molecule has 21 heavy (non-hydrogen) atoms. The molecule has 0 aliphatic heterocycles. The van der Waals surface area contributed by atoms with E-state index in [1.54, 1.807) is 26.3 Å². The van der Waals surface area contributed by atoms with Crippen LogP contribution < -0.4 is 15.0 Å². The van der Waals surface area contributed by atoms with Crippen molar-refractivity contribution in [1.29, 1.82) is 0 Å². The second-order valence-electron chi connectivity index (χ2n) is 4.38. The molecule has 0 saturated heterocycles. The zero-order valence-electron chi connectivity index (χ0n) is 11.9. The van der Waals surface area contributed by atoms with Gasteiger partial charge in [0.1, 0.15) is 10.7 Å². The van der Waals surface area contributed by atoms with Gasteiger partial charge in [-0.05, 0) is 24.3 Å². The number of hydrogen-bond acceptors (Lipinski definition) is 3. The number of benzene rings is 2. The maximum atomic E-state index is 12.2. The molecule has 5 heteroatoms. The Bertz CT molecular complexity index is 626. The summed E-state index contributed by atoms with van der Waals surface area (Å²) in [5, 5.41) is 2.71.